The van der Waals surface area contributed by atoms with Crippen molar-refractivity contribution in [3.8, 4) is 0 Å². The molecule has 0 atom stereocenters. The zero-order valence-corrected chi connectivity index (χ0v) is 8.36. The van der Waals surface area contributed by atoms with E-state index in [2.05, 4.69) is 24.4 Å². The van der Waals surface area contributed by atoms with Crippen LogP contribution < -0.4 is 5.32 Å². The summed E-state index contributed by atoms with van der Waals surface area (Å²) in [5.41, 5.74) is 3.84. The van der Waals surface area contributed by atoms with Crippen LogP contribution in [-0.2, 0) is 0 Å². The van der Waals surface area contributed by atoms with E-state index in [9.17, 15) is 0 Å². The van der Waals surface area contributed by atoms with Crippen molar-refractivity contribution in [3.05, 3.63) is 34.9 Å². The van der Waals surface area contributed by atoms with Gasteiger partial charge in [0.2, 0.25) is 0 Å². The molecular weight excluding hydrogens is 182 g/mol. The fourth-order valence-corrected chi connectivity index (χ4v) is 1.83. The standard InChI is InChI=1S/C11H12ClN/c1-2-3-8-7-13-11-6-9(12)4-5-10(8)11/h3-6,13H,2,7H2,1H3/b8-3-. The van der Waals surface area contributed by atoms with E-state index in [0.717, 1.165) is 23.7 Å². The second-order valence-corrected chi connectivity index (χ2v) is 3.62. The first-order chi connectivity index (χ1) is 6.31. The summed E-state index contributed by atoms with van der Waals surface area (Å²) >= 11 is 5.89. The Bertz CT molecular complexity index is 355. The van der Waals surface area contributed by atoms with Crippen molar-refractivity contribution in [1.29, 1.82) is 0 Å². The van der Waals surface area contributed by atoms with E-state index in [-0.39, 0.29) is 0 Å². The minimum absolute atomic E-state index is 0.795. The minimum Gasteiger partial charge on any atom is -0.380 e. The molecule has 0 aliphatic carbocycles. The molecule has 2 rings (SSSR count). The molecule has 0 fully saturated rings. The van der Waals surface area contributed by atoms with Crippen LogP contribution in [0.5, 0.6) is 0 Å². The highest BCUT2D eigenvalue weighted by Crippen LogP contribution is 2.32. The fraction of sp³-hybridized carbons (Fsp3) is 0.273. The third kappa shape index (κ3) is 1.56. The highest BCUT2D eigenvalue weighted by atomic mass is 35.5. The van der Waals surface area contributed by atoms with Gasteiger partial charge in [-0.3, -0.25) is 0 Å². The SMILES string of the molecule is CC/C=C1/CNc2cc(Cl)ccc21. The zero-order valence-electron chi connectivity index (χ0n) is 7.60. The van der Waals surface area contributed by atoms with Gasteiger partial charge in [0.15, 0.2) is 0 Å². The maximum Gasteiger partial charge on any atom is 0.0434 e. The van der Waals surface area contributed by atoms with Gasteiger partial charge in [0.1, 0.15) is 0 Å². The summed E-state index contributed by atoms with van der Waals surface area (Å²) in [6.45, 7) is 3.09. The van der Waals surface area contributed by atoms with Gasteiger partial charge in [0.25, 0.3) is 0 Å². The van der Waals surface area contributed by atoms with E-state index in [1.165, 1.54) is 11.1 Å². The third-order valence-electron chi connectivity index (χ3n) is 2.25. The Balaban J connectivity index is 2.44. The number of fused-ring (bicyclic) bond motifs is 1. The molecule has 0 unspecified atom stereocenters. The lowest BCUT2D eigenvalue weighted by Gasteiger charge is -1.98. The molecule has 1 N–H and O–H groups in total. The average Bonchev–Trinajstić information content (AvgIpc) is 2.49. The highest BCUT2D eigenvalue weighted by molar-refractivity contribution is 6.31. The summed E-state index contributed by atoms with van der Waals surface area (Å²) in [5, 5.41) is 4.12. The Morgan fingerprint density at radius 2 is 2.38 bits per heavy atom. The lowest BCUT2D eigenvalue weighted by atomic mass is 10.1. The normalized spacial score (nSPS) is 17.2. The summed E-state index contributed by atoms with van der Waals surface area (Å²) in [7, 11) is 0. The second-order valence-electron chi connectivity index (χ2n) is 3.18. The van der Waals surface area contributed by atoms with Gasteiger partial charge in [-0.05, 0) is 24.1 Å². The maximum atomic E-state index is 5.89. The van der Waals surface area contributed by atoms with Crippen LogP contribution in [0.3, 0.4) is 0 Å². The average molecular weight is 194 g/mol. The third-order valence-corrected chi connectivity index (χ3v) is 2.48. The molecule has 0 radical (unpaired) electrons. The van der Waals surface area contributed by atoms with Crippen molar-refractivity contribution in [2.24, 2.45) is 0 Å². The van der Waals surface area contributed by atoms with Crippen molar-refractivity contribution in [2.45, 2.75) is 13.3 Å². The largest absolute Gasteiger partial charge is 0.380 e. The van der Waals surface area contributed by atoms with Crippen molar-refractivity contribution in [3.63, 3.8) is 0 Å². The van der Waals surface area contributed by atoms with Crippen LogP contribution in [0, 0.1) is 0 Å². The molecule has 0 saturated carbocycles. The van der Waals surface area contributed by atoms with Crippen molar-refractivity contribution in [1.82, 2.24) is 0 Å². The first-order valence-corrected chi connectivity index (χ1v) is 4.92. The summed E-state index contributed by atoms with van der Waals surface area (Å²) < 4.78 is 0. The molecule has 2 heteroatoms. The summed E-state index contributed by atoms with van der Waals surface area (Å²) in [4.78, 5) is 0. The predicted molar refractivity (Wildman–Crippen MR) is 58.2 cm³/mol. The van der Waals surface area contributed by atoms with E-state index in [0.29, 0.717) is 0 Å². The van der Waals surface area contributed by atoms with Gasteiger partial charge in [-0.2, -0.15) is 0 Å². The predicted octanol–water partition coefficient (Wildman–Crippen LogP) is 3.56. The number of anilines is 1. The van der Waals surface area contributed by atoms with Crippen LogP contribution in [0.2, 0.25) is 5.02 Å². The van der Waals surface area contributed by atoms with E-state index in [1.807, 2.05) is 12.1 Å². The van der Waals surface area contributed by atoms with Crippen LogP contribution in [0.25, 0.3) is 5.57 Å². The number of hydrogen-bond acceptors (Lipinski definition) is 1. The van der Waals surface area contributed by atoms with Crippen molar-refractivity contribution in [2.75, 3.05) is 11.9 Å². The Kier molecular flexibility index (Phi) is 2.28. The molecule has 0 spiro atoms. The van der Waals surface area contributed by atoms with E-state index in [1.54, 1.807) is 0 Å². The molecule has 1 nitrogen and oxygen atoms in total. The topological polar surface area (TPSA) is 12.0 Å². The van der Waals surface area contributed by atoms with Gasteiger partial charge >= 0.3 is 0 Å². The summed E-state index contributed by atoms with van der Waals surface area (Å²) in [6.07, 6.45) is 3.34. The lowest BCUT2D eigenvalue weighted by molar-refractivity contribution is 1.22. The summed E-state index contributed by atoms with van der Waals surface area (Å²) in [6, 6.07) is 6.00. The molecule has 0 saturated heterocycles. The van der Waals surface area contributed by atoms with Crippen LogP contribution in [0.4, 0.5) is 5.69 Å². The molecule has 68 valence electrons. The van der Waals surface area contributed by atoms with Gasteiger partial charge < -0.3 is 5.32 Å². The van der Waals surface area contributed by atoms with Gasteiger partial charge in [-0.1, -0.05) is 30.7 Å². The Labute approximate surface area is 83.4 Å². The Morgan fingerprint density at radius 3 is 3.15 bits per heavy atom. The molecule has 13 heavy (non-hydrogen) atoms. The monoisotopic (exact) mass is 193 g/mol. The van der Waals surface area contributed by atoms with E-state index in [4.69, 9.17) is 11.6 Å². The number of hydrogen-bond donors (Lipinski definition) is 1. The minimum atomic E-state index is 0.795. The molecule has 1 aromatic rings. The zero-order chi connectivity index (χ0) is 9.26. The number of allylic oxidation sites excluding steroid dienone is 1. The Morgan fingerprint density at radius 1 is 1.54 bits per heavy atom. The van der Waals surface area contributed by atoms with Crippen LogP contribution in [0.1, 0.15) is 18.9 Å². The number of benzene rings is 1. The molecule has 0 amide bonds. The van der Waals surface area contributed by atoms with Gasteiger partial charge in [0, 0.05) is 22.8 Å². The molecule has 1 heterocycles. The van der Waals surface area contributed by atoms with Crippen molar-refractivity contribution >= 4 is 22.9 Å². The summed E-state index contributed by atoms with van der Waals surface area (Å²) in [5.74, 6) is 0. The van der Waals surface area contributed by atoms with Gasteiger partial charge in [0.05, 0.1) is 0 Å². The molecule has 0 aromatic heterocycles. The van der Waals surface area contributed by atoms with Gasteiger partial charge in [-0.25, -0.2) is 0 Å². The maximum absolute atomic E-state index is 5.89. The number of nitrogens with one attached hydrogen (secondary N) is 1. The first kappa shape index (κ1) is 8.64. The first-order valence-electron chi connectivity index (χ1n) is 4.54. The Hall–Kier alpha value is -0.950. The second kappa shape index (κ2) is 3.43. The fourth-order valence-electron chi connectivity index (χ4n) is 1.66. The van der Waals surface area contributed by atoms with Crippen LogP contribution >= 0.6 is 11.6 Å². The molecule has 1 aromatic carbocycles. The molecule has 1 aliphatic heterocycles. The van der Waals surface area contributed by atoms with Crippen LogP contribution in [0.15, 0.2) is 24.3 Å². The lowest BCUT2D eigenvalue weighted by Crippen LogP contribution is -1.90. The van der Waals surface area contributed by atoms with E-state index >= 15 is 0 Å². The molecular formula is C11H12ClN. The van der Waals surface area contributed by atoms with Crippen LogP contribution in [-0.4, -0.2) is 6.54 Å². The quantitative estimate of drug-likeness (QED) is 0.719. The number of rotatable bonds is 1. The molecule has 1 aliphatic rings. The number of halogens is 1. The highest BCUT2D eigenvalue weighted by Gasteiger charge is 2.14. The van der Waals surface area contributed by atoms with Crippen molar-refractivity contribution < 1.29 is 0 Å². The molecule has 0 bridgehead atoms. The smallest absolute Gasteiger partial charge is 0.0434 e. The van der Waals surface area contributed by atoms with Gasteiger partial charge in [-0.15, -0.1) is 0 Å². The van der Waals surface area contributed by atoms with E-state index < -0.39 is 0 Å².